The van der Waals surface area contributed by atoms with E-state index in [1.54, 1.807) is 0 Å². The molecule has 98 valence electrons. The third kappa shape index (κ3) is 2.96. The molecule has 0 aliphatic heterocycles. The summed E-state index contributed by atoms with van der Waals surface area (Å²) in [6, 6.07) is 8.50. The van der Waals surface area contributed by atoms with Gasteiger partial charge in [0.05, 0.1) is 0 Å². The smallest absolute Gasteiger partial charge is 0.0492 e. The summed E-state index contributed by atoms with van der Waals surface area (Å²) >= 11 is 3.62. The number of rotatable bonds is 5. The van der Waals surface area contributed by atoms with Crippen molar-refractivity contribution in [2.75, 3.05) is 6.54 Å². The summed E-state index contributed by atoms with van der Waals surface area (Å²) in [5, 5.41) is 1.29. The van der Waals surface area contributed by atoms with Gasteiger partial charge in [0.2, 0.25) is 0 Å². The third-order valence-corrected chi connectivity index (χ3v) is 4.18. The van der Waals surface area contributed by atoms with Gasteiger partial charge in [0.15, 0.2) is 0 Å². The number of nitrogens with zero attached hydrogens (tertiary/aromatic N) is 1. The van der Waals surface area contributed by atoms with Crippen LogP contribution in [0.5, 0.6) is 0 Å². The Labute approximate surface area is 117 Å². The van der Waals surface area contributed by atoms with Gasteiger partial charge in [-0.3, -0.25) is 0 Å². The average molecular weight is 309 g/mol. The lowest BCUT2D eigenvalue weighted by atomic mass is 9.88. The summed E-state index contributed by atoms with van der Waals surface area (Å²) in [4.78, 5) is 0. The zero-order valence-corrected chi connectivity index (χ0v) is 12.7. The number of hydrogen-bond donors (Lipinski definition) is 1. The van der Waals surface area contributed by atoms with E-state index in [1.165, 1.54) is 15.4 Å². The minimum absolute atomic E-state index is 0.250. The van der Waals surface area contributed by atoms with Crippen LogP contribution in [0.15, 0.2) is 34.9 Å². The number of aryl methyl sites for hydroxylation is 1. The second-order valence-corrected chi connectivity index (χ2v) is 6.51. The maximum Gasteiger partial charge on any atom is 0.0492 e. The highest BCUT2D eigenvalue weighted by molar-refractivity contribution is 9.10. The Balaban J connectivity index is 2.09. The van der Waals surface area contributed by atoms with Gasteiger partial charge in [-0.2, -0.15) is 0 Å². The summed E-state index contributed by atoms with van der Waals surface area (Å²) in [6.45, 7) is 6.27. The van der Waals surface area contributed by atoms with Crippen molar-refractivity contribution in [1.82, 2.24) is 4.57 Å². The van der Waals surface area contributed by atoms with Crippen LogP contribution in [-0.4, -0.2) is 11.1 Å². The Kier molecular flexibility index (Phi) is 4.13. The van der Waals surface area contributed by atoms with Crippen LogP contribution in [0.2, 0.25) is 0 Å². The van der Waals surface area contributed by atoms with Crippen molar-refractivity contribution >= 4 is 26.8 Å². The number of hydrogen-bond acceptors (Lipinski definition) is 1. The molecule has 0 spiro atoms. The van der Waals surface area contributed by atoms with Crippen molar-refractivity contribution in [2.24, 2.45) is 11.1 Å². The maximum atomic E-state index is 5.77. The highest BCUT2D eigenvalue weighted by Crippen LogP contribution is 2.27. The number of halogens is 1. The summed E-state index contributed by atoms with van der Waals surface area (Å²) in [6.07, 6.45) is 4.50. The second kappa shape index (κ2) is 5.45. The van der Waals surface area contributed by atoms with Crippen LogP contribution in [-0.2, 0) is 6.54 Å². The summed E-state index contributed by atoms with van der Waals surface area (Å²) in [5.41, 5.74) is 7.32. The van der Waals surface area contributed by atoms with Crippen molar-refractivity contribution in [1.29, 1.82) is 0 Å². The number of aromatic nitrogens is 1. The van der Waals surface area contributed by atoms with Gasteiger partial charge in [0.1, 0.15) is 0 Å². The zero-order valence-electron chi connectivity index (χ0n) is 11.1. The minimum atomic E-state index is 0.250. The topological polar surface area (TPSA) is 30.9 Å². The first-order valence-electron chi connectivity index (χ1n) is 6.47. The van der Waals surface area contributed by atoms with Gasteiger partial charge in [-0.15, -0.1) is 0 Å². The Morgan fingerprint density at radius 1 is 1.28 bits per heavy atom. The number of para-hydroxylation sites is 1. The molecular weight excluding hydrogens is 288 g/mol. The van der Waals surface area contributed by atoms with E-state index in [1.807, 2.05) is 0 Å². The molecule has 0 saturated carbocycles. The van der Waals surface area contributed by atoms with E-state index in [2.05, 4.69) is 64.8 Å². The third-order valence-electron chi connectivity index (χ3n) is 3.55. The highest BCUT2D eigenvalue weighted by atomic mass is 79.9. The molecule has 0 bridgehead atoms. The first-order chi connectivity index (χ1) is 8.53. The highest BCUT2D eigenvalue weighted by Gasteiger charge is 2.15. The maximum absolute atomic E-state index is 5.77. The number of nitrogens with two attached hydrogens (primary N) is 1. The van der Waals surface area contributed by atoms with Crippen molar-refractivity contribution in [3.63, 3.8) is 0 Å². The Morgan fingerprint density at radius 2 is 2.00 bits per heavy atom. The molecule has 1 aromatic carbocycles. The molecule has 0 atom stereocenters. The lowest BCUT2D eigenvalue weighted by Crippen LogP contribution is -2.23. The Morgan fingerprint density at radius 3 is 2.72 bits per heavy atom. The average Bonchev–Trinajstić information content (AvgIpc) is 2.67. The van der Waals surface area contributed by atoms with E-state index in [9.17, 15) is 0 Å². The van der Waals surface area contributed by atoms with Crippen LogP contribution in [0.1, 0.15) is 26.7 Å². The van der Waals surface area contributed by atoms with Crippen LogP contribution >= 0.6 is 15.9 Å². The van der Waals surface area contributed by atoms with Gasteiger partial charge in [-0.05, 0) is 46.8 Å². The molecule has 0 fully saturated rings. The Bertz CT molecular complexity index is 528. The van der Waals surface area contributed by atoms with Crippen molar-refractivity contribution in [3.05, 3.63) is 34.9 Å². The molecule has 2 N–H and O–H groups in total. The second-order valence-electron chi connectivity index (χ2n) is 5.66. The normalized spacial score (nSPS) is 12.2. The molecule has 0 unspecified atom stereocenters. The van der Waals surface area contributed by atoms with Crippen LogP contribution in [0.4, 0.5) is 0 Å². The summed E-state index contributed by atoms with van der Waals surface area (Å²) in [5.74, 6) is 0. The first kappa shape index (κ1) is 13.6. The van der Waals surface area contributed by atoms with Crippen LogP contribution in [0.25, 0.3) is 10.9 Å². The molecule has 2 nitrogen and oxygen atoms in total. The lowest BCUT2D eigenvalue weighted by Gasteiger charge is -2.22. The van der Waals surface area contributed by atoms with Crippen LogP contribution in [0.3, 0.4) is 0 Å². The van der Waals surface area contributed by atoms with Crippen molar-refractivity contribution in [2.45, 2.75) is 33.2 Å². The quantitative estimate of drug-likeness (QED) is 0.883. The molecule has 2 rings (SSSR count). The van der Waals surface area contributed by atoms with Gasteiger partial charge < -0.3 is 10.3 Å². The molecule has 0 radical (unpaired) electrons. The van der Waals surface area contributed by atoms with E-state index in [4.69, 9.17) is 5.73 Å². The SMILES string of the molecule is CC(C)(CN)CCCn1cc(Br)c2ccccc21. The fourth-order valence-electron chi connectivity index (χ4n) is 2.22. The van der Waals surface area contributed by atoms with Gasteiger partial charge in [0, 0.05) is 28.1 Å². The molecule has 3 heteroatoms. The van der Waals surface area contributed by atoms with E-state index in [-0.39, 0.29) is 5.41 Å². The van der Waals surface area contributed by atoms with E-state index < -0.39 is 0 Å². The van der Waals surface area contributed by atoms with Gasteiger partial charge in [-0.25, -0.2) is 0 Å². The molecule has 2 aromatic rings. The monoisotopic (exact) mass is 308 g/mol. The summed E-state index contributed by atoms with van der Waals surface area (Å²) in [7, 11) is 0. The number of benzene rings is 1. The van der Waals surface area contributed by atoms with Gasteiger partial charge in [-0.1, -0.05) is 32.0 Å². The molecule has 18 heavy (non-hydrogen) atoms. The fraction of sp³-hybridized carbons (Fsp3) is 0.467. The minimum Gasteiger partial charge on any atom is -0.346 e. The van der Waals surface area contributed by atoms with E-state index in [0.717, 1.165) is 25.9 Å². The summed E-state index contributed by atoms with van der Waals surface area (Å²) < 4.78 is 3.50. The molecule has 0 aliphatic carbocycles. The molecule has 0 aliphatic rings. The molecular formula is C15H21BrN2. The molecule has 1 heterocycles. The zero-order chi connectivity index (χ0) is 13.2. The molecule has 0 saturated heterocycles. The van der Waals surface area contributed by atoms with Crippen molar-refractivity contribution in [3.8, 4) is 0 Å². The van der Waals surface area contributed by atoms with Crippen LogP contribution < -0.4 is 5.73 Å². The molecule has 0 amide bonds. The molecule has 1 aromatic heterocycles. The fourth-order valence-corrected chi connectivity index (χ4v) is 2.80. The number of fused-ring (bicyclic) bond motifs is 1. The van der Waals surface area contributed by atoms with Gasteiger partial charge >= 0.3 is 0 Å². The van der Waals surface area contributed by atoms with Crippen LogP contribution in [0, 0.1) is 5.41 Å². The largest absolute Gasteiger partial charge is 0.346 e. The Hall–Kier alpha value is -0.800. The van der Waals surface area contributed by atoms with E-state index >= 15 is 0 Å². The standard InChI is InChI=1S/C15H21BrN2/c1-15(2,11-17)8-5-9-18-10-13(16)12-6-3-4-7-14(12)18/h3-4,6-7,10H,5,8-9,11,17H2,1-2H3. The lowest BCUT2D eigenvalue weighted by molar-refractivity contribution is 0.328. The first-order valence-corrected chi connectivity index (χ1v) is 7.26. The van der Waals surface area contributed by atoms with E-state index in [0.29, 0.717) is 0 Å². The van der Waals surface area contributed by atoms with Crippen molar-refractivity contribution < 1.29 is 0 Å². The predicted octanol–water partition coefficient (Wildman–Crippen LogP) is 4.17. The predicted molar refractivity (Wildman–Crippen MR) is 81.7 cm³/mol. The van der Waals surface area contributed by atoms with Gasteiger partial charge in [0.25, 0.3) is 0 Å².